The van der Waals surface area contributed by atoms with Gasteiger partial charge < -0.3 is 5.32 Å². The number of carbonyl (C=O) groups is 2. The maximum atomic E-state index is 13.2. The number of nitrogens with one attached hydrogen (secondary N) is 1. The minimum Gasteiger partial charge on any atom is -0.324 e. The number of anilines is 2. The summed E-state index contributed by atoms with van der Waals surface area (Å²) in [6.07, 6.45) is -4.68. The van der Waals surface area contributed by atoms with Crippen LogP contribution < -0.4 is 10.2 Å². The molecule has 0 aliphatic carbocycles. The summed E-state index contributed by atoms with van der Waals surface area (Å²) >= 11 is 5.65. The van der Waals surface area contributed by atoms with Gasteiger partial charge in [-0.2, -0.15) is 13.2 Å². The highest BCUT2D eigenvalue weighted by atomic mass is 35.5. The third kappa shape index (κ3) is 3.07. The second kappa shape index (κ2) is 6.53. The molecule has 0 saturated carbocycles. The van der Waals surface area contributed by atoms with Crippen LogP contribution in [0.1, 0.15) is 15.9 Å². The zero-order valence-electron chi connectivity index (χ0n) is 14.2. The van der Waals surface area contributed by atoms with E-state index >= 15 is 0 Å². The zero-order chi connectivity index (χ0) is 20.1. The van der Waals surface area contributed by atoms with Crippen molar-refractivity contribution in [3.8, 4) is 0 Å². The fraction of sp³-hybridized carbons (Fsp3) is 0.100. The molecule has 1 aliphatic heterocycles. The fourth-order valence-corrected chi connectivity index (χ4v) is 3.50. The molecule has 0 unspecified atom stereocenters. The zero-order valence-corrected chi connectivity index (χ0v) is 14.9. The Labute approximate surface area is 162 Å². The topological polar surface area (TPSA) is 49.4 Å². The quantitative estimate of drug-likeness (QED) is 0.659. The normalized spacial score (nSPS) is 13.3. The molecule has 3 aromatic carbocycles. The van der Waals surface area contributed by atoms with Crippen molar-refractivity contribution in [2.45, 2.75) is 6.18 Å². The molecule has 8 heteroatoms. The summed E-state index contributed by atoms with van der Waals surface area (Å²) in [7, 11) is 0. The third-order valence-electron chi connectivity index (χ3n) is 4.51. The van der Waals surface area contributed by atoms with Gasteiger partial charge in [-0.05, 0) is 35.7 Å². The Hall–Kier alpha value is -3.06. The van der Waals surface area contributed by atoms with Crippen molar-refractivity contribution in [2.75, 3.05) is 16.8 Å². The highest BCUT2D eigenvalue weighted by Gasteiger charge is 2.35. The van der Waals surface area contributed by atoms with Gasteiger partial charge in [-0.3, -0.25) is 14.5 Å². The minimum absolute atomic E-state index is 0.0952. The monoisotopic (exact) mass is 404 g/mol. The largest absolute Gasteiger partial charge is 0.418 e. The summed E-state index contributed by atoms with van der Waals surface area (Å²) in [6.45, 7) is -0.410. The Balaban J connectivity index is 1.61. The van der Waals surface area contributed by atoms with Crippen LogP contribution in [0.4, 0.5) is 24.5 Å². The van der Waals surface area contributed by atoms with Crippen LogP contribution in [-0.4, -0.2) is 18.4 Å². The van der Waals surface area contributed by atoms with Gasteiger partial charge in [0.25, 0.3) is 5.91 Å². The van der Waals surface area contributed by atoms with E-state index in [9.17, 15) is 22.8 Å². The van der Waals surface area contributed by atoms with Gasteiger partial charge in [-0.25, -0.2) is 0 Å². The number of benzene rings is 3. The highest BCUT2D eigenvalue weighted by molar-refractivity contribution is 6.30. The molecule has 0 spiro atoms. The van der Waals surface area contributed by atoms with E-state index in [4.69, 9.17) is 11.6 Å². The first-order valence-electron chi connectivity index (χ1n) is 8.26. The third-order valence-corrected chi connectivity index (χ3v) is 4.75. The molecule has 0 radical (unpaired) electrons. The lowest BCUT2D eigenvalue weighted by Crippen LogP contribution is -2.35. The second-order valence-corrected chi connectivity index (χ2v) is 6.74. The molecule has 0 aromatic heterocycles. The molecule has 1 aliphatic rings. The molecular weight excluding hydrogens is 393 g/mol. The van der Waals surface area contributed by atoms with E-state index in [2.05, 4.69) is 5.32 Å². The molecule has 28 heavy (non-hydrogen) atoms. The van der Waals surface area contributed by atoms with Gasteiger partial charge in [0.2, 0.25) is 5.91 Å². The molecule has 2 amide bonds. The van der Waals surface area contributed by atoms with E-state index in [1.807, 2.05) is 12.1 Å². The average molecular weight is 405 g/mol. The van der Waals surface area contributed by atoms with E-state index in [-0.39, 0.29) is 10.9 Å². The molecule has 0 saturated heterocycles. The van der Waals surface area contributed by atoms with Crippen molar-refractivity contribution in [3.63, 3.8) is 0 Å². The maximum absolute atomic E-state index is 13.2. The maximum Gasteiger partial charge on any atom is 0.418 e. The van der Waals surface area contributed by atoms with Gasteiger partial charge in [0.05, 0.1) is 16.9 Å². The van der Waals surface area contributed by atoms with E-state index in [1.165, 1.54) is 11.0 Å². The molecule has 0 atom stereocenters. The Morgan fingerprint density at radius 2 is 1.79 bits per heavy atom. The predicted molar refractivity (Wildman–Crippen MR) is 101 cm³/mol. The van der Waals surface area contributed by atoms with E-state index in [0.717, 1.165) is 22.9 Å². The molecule has 3 aromatic rings. The van der Waals surface area contributed by atoms with E-state index < -0.39 is 29.9 Å². The van der Waals surface area contributed by atoms with Crippen molar-refractivity contribution in [2.24, 2.45) is 0 Å². The van der Waals surface area contributed by atoms with E-state index in [1.54, 1.807) is 24.3 Å². The SMILES string of the molecule is O=C(CN1C(=O)c2cccc3cccc1c23)Nc1ccc(Cl)cc1C(F)(F)F. The van der Waals surface area contributed by atoms with Crippen LogP contribution in [0, 0.1) is 0 Å². The molecule has 0 fully saturated rings. The first kappa shape index (κ1) is 18.3. The molecular formula is C20H12ClF3N2O2. The van der Waals surface area contributed by atoms with Gasteiger partial charge in [0, 0.05) is 16.0 Å². The van der Waals surface area contributed by atoms with Crippen LogP contribution in [0.2, 0.25) is 5.02 Å². The number of rotatable bonds is 3. The average Bonchev–Trinajstić information content (AvgIpc) is 2.90. The molecule has 4 rings (SSSR count). The lowest BCUT2D eigenvalue weighted by molar-refractivity contribution is -0.137. The second-order valence-electron chi connectivity index (χ2n) is 6.31. The molecule has 0 bridgehead atoms. The predicted octanol–water partition coefficient (Wildman–Crippen LogP) is 5.11. The number of hydrogen-bond acceptors (Lipinski definition) is 2. The summed E-state index contributed by atoms with van der Waals surface area (Å²) in [6, 6.07) is 13.6. The number of amides is 2. The Kier molecular flexibility index (Phi) is 4.27. The molecule has 142 valence electrons. The fourth-order valence-electron chi connectivity index (χ4n) is 3.33. The van der Waals surface area contributed by atoms with Crippen molar-refractivity contribution >= 4 is 45.6 Å². The number of nitrogens with zero attached hydrogens (tertiary/aromatic N) is 1. The molecule has 1 N–H and O–H groups in total. The van der Waals surface area contributed by atoms with Crippen molar-refractivity contribution < 1.29 is 22.8 Å². The van der Waals surface area contributed by atoms with Crippen molar-refractivity contribution in [3.05, 3.63) is 70.7 Å². The summed E-state index contributed by atoms with van der Waals surface area (Å²) in [5.41, 5.74) is -0.445. The van der Waals surface area contributed by atoms with Crippen molar-refractivity contribution in [1.29, 1.82) is 0 Å². The van der Waals surface area contributed by atoms with Gasteiger partial charge in [0.1, 0.15) is 6.54 Å². The number of carbonyl (C=O) groups excluding carboxylic acids is 2. The van der Waals surface area contributed by atoms with Gasteiger partial charge >= 0.3 is 6.18 Å². The van der Waals surface area contributed by atoms with Crippen LogP contribution in [0.3, 0.4) is 0 Å². The first-order valence-corrected chi connectivity index (χ1v) is 8.64. The summed E-state index contributed by atoms with van der Waals surface area (Å²) < 4.78 is 39.6. The smallest absolute Gasteiger partial charge is 0.324 e. The first-order chi connectivity index (χ1) is 13.3. The lowest BCUT2D eigenvalue weighted by Gasteiger charge is -2.19. The molecule has 1 heterocycles. The van der Waals surface area contributed by atoms with Crippen LogP contribution in [0.15, 0.2) is 54.6 Å². The van der Waals surface area contributed by atoms with Gasteiger partial charge in [-0.15, -0.1) is 0 Å². The summed E-state index contributed by atoms with van der Waals surface area (Å²) in [5.74, 6) is -1.11. The highest BCUT2D eigenvalue weighted by Crippen LogP contribution is 2.38. The van der Waals surface area contributed by atoms with Crippen LogP contribution >= 0.6 is 11.6 Å². The number of halogens is 4. The Bertz CT molecular complexity index is 1120. The lowest BCUT2D eigenvalue weighted by atomic mass is 10.1. The van der Waals surface area contributed by atoms with Crippen LogP contribution in [-0.2, 0) is 11.0 Å². The standard InChI is InChI=1S/C20H12ClF3N2O2/c21-12-7-8-15(14(9-12)20(22,23)24)25-17(27)10-26-16-6-2-4-11-3-1-5-13(18(11)16)19(26)28/h1-9H,10H2,(H,25,27). The Morgan fingerprint density at radius 3 is 2.50 bits per heavy atom. The van der Waals surface area contributed by atoms with Crippen LogP contribution in [0.25, 0.3) is 10.8 Å². The van der Waals surface area contributed by atoms with Gasteiger partial charge in [0.15, 0.2) is 0 Å². The van der Waals surface area contributed by atoms with E-state index in [0.29, 0.717) is 11.3 Å². The summed E-state index contributed by atoms with van der Waals surface area (Å²) in [4.78, 5) is 26.4. The number of hydrogen-bond donors (Lipinski definition) is 1. The van der Waals surface area contributed by atoms with Gasteiger partial charge in [-0.1, -0.05) is 35.9 Å². The van der Waals surface area contributed by atoms with Crippen LogP contribution in [0.5, 0.6) is 0 Å². The summed E-state index contributed by atoms with van der Waals surface area (Å²) in [5, 5.41) is 3.72. The Morgan fingerprint density at radius 1 is 1.07 bits per heavy atom. The van der Waals surface area contributed by atoms with Crippen molar-refractivity contribution in [1.82, 2.24) is 0 Å². The molecule has 4 nitrogen and oxygen atoms in total. The minimum atomic E-state index is -4.68. The number of alkyl halides is 3.